The van der Waals surface area contributed by atoms with Gasteiger partial charge in [-0.05, 0) is 62.1 Å². The zero-order valence-electron chi connectivity index (χ0n) is 18.9. The monoisotopic (exact) mass is 472 g/mol. The Hall–Kier alpha value is -2.60. The van der Waals surface area contributed by atoms with Crippen LogP contribution in [0.4, 0.5) is 4.39 Å². The maximum absolute atomic E-state index is 14.0. The Labute approximate surface area is 199 Å². The highest BCUT2D eigenvalue weighted by Gasteiger charge is 2.36. The average molecular weight is 473 g/mol. The molecule has 2 amide bonds. The Kier molecular flexibility index (Phi) is 7.53. The van der Waals surface area contributed by atoms with Crippen LogP contribution >= 0.6 is 11.6 Å². The van der Waals surface area contributed by atoms with Crippen LogP contribution in [-0.2, 0) is 4.79 Å². The zero-order valence-corrected chi connectivity index (χ0v) is 19.7. The number of nitrogens with zero attached hydrogens (tertiary/aromatic N) is 2. The van der Waals surface area contributed by atoms with Crippen molar-refractivity contribution < 1.29 is 18.7 Å². The average Bonchev–Trinajstić information content (AvgIpc) is 2.82. The standard InChI is InChI=1S/C26H30ClFN2O3/c1-18-8-9-19(14-23(18)28)26(32)30-13-10-24(33-22-7-5-6-21(27)16-22)20(17-30)15-25(31)29-11-3-2-4-12-29/h5-9,14,16,20,24H,2-4,10-13,15,17H2,1H3/t20-,24-/m0/s1. The van der Waals surface area contributed by atoms with Gasteiger partial charge < -0.3 is 14.5 Å². The van der Waals surface area contributed by atoms with Gasteiger partial charge in [0.05, 0.1) is 0 Å². The molecular formula is C26H30ClFN2O3. The van der Waals surface area contributed by atoms with E-state index in [0.717, 1.165) is 32.4 Å². The van der Waals surface area contributed by atoms with Gasteiger partial charge in [-0.2, -0.15) is 0 Å². The van der Waals surface area contributed by atoms with Crippen LogP contribution < -0.4 is 4.74 Å². The van der Waals surface area contributed by atoms with Gasteiger partial charge in [-0.25, -0.2) is 4.39 Å². The normalized spacial score (nSPS) is 21.1. The predicted molar refractivity (Wildman–Crippen MR) is 126 cm³/mol. The Morgan fingerprint density at radius 1 is 1.06 bits per heavy atom. The number of rotatable bonds is 5. The molecule has 176 valence electrons. The summed E-state index contributed by atoms with van der Waals surface area (Å²) in [5.74, 6) is -0.00726. The summed E-state index contributed by atoms with van der Waals surface area (Å²) in [4.78, 5) is 29.8. The summed E-state index contributed by atoms with van der Waals surface area (Å²) in [5.41, 5.74) is 0.832. The second kappa shape index (κ2) is 10.6. The van der Waals surface area contributed by atoms with Crippen molar-refractivity contribution in [3.05, 3.63) is 64.4 Å². The minimum absolute atomic E-state index is 0.107. The lowest BCUT2D eigenvalue weighted by molar-refractivity contribution is -0.134. The van der Waals surface area contributed by atoms with Gasteiger partial charge >= 0.3 is 0 Å². The molecule has 0 N–H and O–H groups in total. The van der Waals surface area contributed by atoms with Crippen molar-refractivity contribution in [3.63, 3.8) is 0 Å². The molecule has 2 aromatic rings. The number of amides is 2. The van der Waals surface area contributed by atoms with Gasteiger partial charge in [0.2, 0.25) is 5.91 Å². The van der Waals surface area contributed by atoms with E-state index in [1.807, 2.05) is 17.0 Å². The molecule has 0 saturated carbocycles. The van der Waals surface area contributed by atoms with Crippen LogP contribution in [0.25, 0.3) is 0 Å². The first kappa shape index (κ1) is 23.6. The number of piperidine rings is 2. The molecule has 0 bridgehead atoms. The summed E-state index contributed by atoms with van der Waals surface area (Å²) in [6.45, 7) is 4.12. The van der Waals surface area contributed by atoms with Crippen LogP contribution in [0.2, 0.25) is 5.02 Å². The molecule has 2 aliphatic rings. The first-order chi connectivity index (χ1) is 15.9. The van der Waals surface area contributed by atoms with E-state index in [-0.39, 0.29) is 23.8 Å². The first-order valence-electron chi connectivity index (χ1n) is 11.7. The topological polar surface area (TPSA) is 49.9 Å². The number of aryl methyl sites for hydroxylation is 1. The van der Waals surface area contributed by atoms with E-state index in [4.69, 9.17) is 16.3 Å². The fraction of sp³-hybridized carbons (Fsp3) is 0.462. The maximum Gasteiger partial charge on any atom is 0.253 e. The van der Waals surface area contributed by atoms with Crippen molar-refractivity contribution in [2.45, 2.75) is 45.1 Å². The van der Waals surface area contributed by atoms with Crippen LogP contribution in [0.1, 0.15) is 48.0 Å². The van der Waals surface area contributed by atoms with Gasteiger partial charge in [0.1, 0.15) is 17.7 Å². The molecule has 5 nitrogen and oxygen atoms in total. The maximum atomic E-state index is 14.0. The number of hydrogen-bond acceptors (Lipinski definition) is 3. The molecule has 0 radical (unpaired) electrons. The van der Waals surface area contributed by atoms with Gasteiger partial charge in [0.15, 0.2) is 0 Å². The zero-order chi connectivity index (χ0) is 23.4. The largest absolute Gasteiger partial charge is 0.490 e. The summed E-state index contributed by atoms with van der Waals surface area (Å²) < 4.78 is 20.3. The van der Waals surface area contributed by atoms with Crippen LogP contribution in [0, 0.1) is 18.7 Å². The molecule has 2 saturated heterocycles. The lowest BCUT2D eigenvalue weighted by Gasteiger charge is -2.39. The van der Waals surface area contributed by atoms with Gasteiger partial charge in [-0.3, -0.25) is 9.59 Å². The van der Waals surface area contributed by atoms with E-state index in [1.165, 1.54) is 6.07 Å². The molecule has 0 spiro atoms. The third-order valence-electron chi connectivity index (χ3n) is 6.60. The molecule has 2 atom stereocenters. The van der Waals surface area contributed by atoms with E-state index in [2.05, 4.69) is 0 Å². The number of ether oxygens (including phenoxy) is 1. The molecule has 2 heterocycles. The van der Waals surface area contributed by atoms with Gasteiger partial charge in [-0.1, -0.05) is 23.7 Å². The third kappa shape index (κ3) is 5.85. The summed E-state index contributed by atoms with van der Waals surface area (Å²) in [5, 5.41) is 0.586. The fourth-order valence-electron chi connectivity index (χ4n) is 4.67. The highest BCUT2D eigenvalue weighted by Crippen LogP contribution is 2.29. The summed E-state index contributed by atoms with van der Waals surface area (Å²) in [6.07, 6.45) is 3.91. The van der Waals surface area contributed by atoms with Gasteiger partial charge in [0, 0.05) is 55.5 Å². The predicted octanol–water partition coefficient (Wildman–Crippen LogP) is 5.10. The smallest absolute Gasteiger partial charge is 0.253 e. The summed E-state index contributed by atoms with van der Waals surface area (Å²) >= 11 is 6.12. The SMILES string of the molecule is Cc1ccc(C(=O)N2CC[C@H](Oc3cccc(Cl)c3)[C@@H](CC(=O)N3CCCCC3)C2)cc1F. The van der Waals surface area contributed by atoms with E-state index in [9.17, 15) is 14.0 Å². The van der Waals surface area contributed by atoms with Crippen molar-refractivity contribution in [3.8, 4) is 5.75 Å². The van der Waals surface area contributed by atoms with E-state index >= 15 is 0 Å². The van der Waals surface area contributed by atoms with Gasteiger partial charge in [0.25, 0.3) is 5.91 Å². The quantitative estimate of drug-likeness (QED) is 0.608. The van der Waals surface area contributed by atoms with Crippen LogP contribution in [0.3, 0.4) is 0 Å². The highest BCUT2D eigenvalue weighted by atomic mass is 35.5. The molecule has 4 rings (SSSR count). The number of carbonyl (C=O) groups is 2. The molecule has 2 aliphatic heterocycles. The molecule has 0 aromatic heterocycles. The third-order valence-corrected chi connectivity index (χ3v) is 6.83. The number of halogens is 2. The van der Waals surface area contributed by atoms with E-state index in [0.29, 0.717) is 47.8 Å². The first-order valence-corrected chi connectivity index (χ1v) is 12.0. The lowest BCUT2D eigenvalue weighted by Crippen LogP contribution is -2.50. The molecular weight excluding hydrogens is 443 g/mol. The van der Waals surface area contributed by atoms with Crippen LogP contribution in [0.5, 0.6) is 5.75 Å². The Morgan fingerprint density at radius 3 is 2.58 bits per heavy atom. The minimum Gasteiger partial charge on any atom is -0.490 e. The van der Waals surface area contributed by atoms with Crippen molar-refractivity contribution in [2.75, 3.05) is 26.2 Å². The van der Waals surface area contributed by atoms with Crippen molar-refractivity contribution >= 4 is 23.4 Å². The molecule has 2 aromatic carbocycles. The minimum atomic E-state index is -0.392. The summed E-state index contributed by atoms with van der Waals surface area (Å²) in [6, 6.07) is 11.8. The number of benzene rings is 2. The van der Waals surface area contributed by atoms with E-state index in [1.54, 1.807) is 36.1 Å². The molecule has 33 heavy (non-hydrogen) atoms. The number of likely N-dealkylation sites (tertiary alicyclic amines) is 2. The van der Waals surface area contributed by atoms with Gasteiger partial charge in [-0.15, -0.1) is 0 Å². The Bertz CT molecular complexity index is 1010. The van der Waals surface area contributed by atoms with Crippen LogP contribution in [-0.4, -0.2) is 53.9 Å². The number of carbonyl (C=O) groups excluding carboxylic acids is 2. The lowest BCUT2D eigenvalue weighted by atomic mass is 9.90. The molecule has 2 fully saturated rings. The number of hydrogen-bond donors (Lipinski definition) is 0. The fourth-order valence-corrected chi connectivity index (χ4v) is 4.85. The van der Waals surface area contributed by atoms with Crippen molar-refractivity contribution in [1.82, 2.24) is 9.80 Å². The van der Waals surface area contributed by atoms with Crippen molar-refractivity contribution in [1.29, 1.82) is 0 Å². The molecule has 0 unspecified atom stereocenters. The Balaban J connectivity index is 1.50. The van der Waals surface area contributed by atoms with Crippen LogP contribution in [0.15, 0.2) is 42.5 Å². The molecule has 0 aliphatic carbocycles. The van der Waals surface area contributed by atoms with E-state index < -0.39 is 5.82 Å². The second-order valence-corrected chi connectivity index (χ2v) is 9.46. The highest BCUT2D eigenvalue weighted by molar-refractivity contribution is 6.30. The van der Waals surface area contributed by atoms with Crippen molar-refractivity contribution in [2.24, 2.45) is 5.92 Å². The molecule has 7 heteroatoms. The summed E-state index contributed by atoms with van der Waals surface area (Å²) in [7, 11) is 0. The second-order valence-electron chi connectivity index (χ2n) is 9.02. The Morgan fingerprint density at radius 2 is 1.85 bits per heavy atom.